The highest BCUT2D eigenvalue weighted by Gasteiger charge is 2.25. The number of esters is 1. The first-order chi connectivity index (χ1) is 12.3. The van der Waals surface area contributed by atoms with Crippen LogP contribution in [0.2, 0.25) is 0 Å². The van der Waals surface area contributed by atoms with Gasteiger partial charge in [0.25, 0.3) is 0 Å². The molecule has 0 aliphatic carbocycles. The summed E-state index contributed by atoms with van der Waals surface area (Å²) in [6, 6.07) is 9.29. The monoisotopic (exact) mass is 360 g/mol. The van der Waals surface area contributed by atoms with Crippen molar-refractivity contribution in [1.82, 2.24) is 5.32 Å². The average molecular weight is 360 g/mol. The maximum absolute atomic E-state index is 11.9. The van der Waals surface area contributed by atoms with Crippen LogP contribution in [-0.2, 0) is 20.7 Å². The van der Waals surface area contributed by atoms with Crippen molar-refractivity contribution in [2.75, 3.05) is 19.0 Å². The second-order valence-electron chi connectivity index (χ2n) is 5.96. The van der Waals surface area contributed by atoms with Crippen LogP contribution < -0.4 is 10.6 Å². The van der Waals surface area contributed by atoms with Crippen LogP contribution >= 0.6 is 0 Å². The average Bonchev–Trinajstić information content (AvgIpc) is 3.11. The molecule has 0 bridgehead atoms. The van der Waals surface area contributed by atoms with Crippen LogP contribution in [0.3, 0.4) is 0 Å². The normalized spacial score (nSPS) is 12.7. The molecule has 1 aromatic carbocycles. The molecule has 138 valence electrons. The van der Waals surface area contributed by atoms with Gasteiger partial charge >= 0.3 is 17.8 Å². The highest BCUT2D eigenvalue weighted by Crippen LogP contribution is 2.13. The maximum Gasteiger partial charge on any atom is 0.337 e. The Balaban J connectivity index is 1.85. The van der Waals surface area contributed by atoms with E-state index in [1.807, 2.05) is 0 Å². The Hall–Kier alpha value is -3.13. The van der Waals surface area contributed by atoms with Gasteiger partial charge in [-0.1, -0.05) is 0 Å². The van der Waals surface area contributed by atoms with E-state index < -0.39 is 23.4 Å². The summed E-state index contributed by atoms with van der Waals surface area (Å²) in [5.41, 5.74) is -0.597. The zero-order chi connectivity index (χ0) is 19.2. The standard InChI is InChI=1S/C18H20N2O6/c1-18(24,10-14-4-3-9-26-14)11-19-15(21)16(22)20-13-7-5-12(6-8-13)17(23)25-2/h3-9,24H,10-11H2,1-2H3,(H,19,21)(H,20,22)/t18-/m1/s1. The molecule has 0 saturated carbocycles. The Morgan fingerprint density at radius 3 is 2.42 bits per heavy atom. The molecule has 1 aromatic heterocycles. The number of carbonyl (C=O) groups excluding carboxylic acids is 3. The Labute approximate surface area is 150 Å². The van der Waals surface area contributed by atoms with Crippen molar-refractivity contribution in [2.45, 2.75) is 18.9 Å². The number of hydrogen-bond acceptors (Lipinski definition) is 6. The van der Waals surface area contributed by atoms with Crippen LogP contribution in [0.5, 0.6) is 0 Å². The Kier molecular flexibility index (Phi) is 6.13. The van der Waals surface area contributed by atoms with E-state index in [0.29, 0.717) is 17.0 Å². The number of ether oxygens (including phenoxy) is 1. The number of hydrogen-bond donors (Lipinski definition) is 3. The molecular weight excluding hydrogens is 340 g/mol. The first kappa shape index (κ1) is 19.2. The molecule has 0 spiro atoms. The zero-order valence-corrected chi connectivity index (χ0v) is 14.4. The van der Waals surface area contributed by atoms with Crippen molar-refractivity contribution in [3.63, 3.8) is 0 Å². The molecule has 2 aromatic rings. The van der Waals surface area contributed by atoms with Gasteiger partial charge in [-0.05, 0) is 43.3 Å². The molecule has 0 saturated heterocycles. The summed E-state index contributed by atoms with van der Waals surface area (Å²) in [5.74, 6) is -1.70. The number of anilines is 1. The lowest BCUT2D eigenvalue weighted by molar-refractivity contribution is -0.136. The first-order valence-electron chi connectivity index (χ1n) is 7.83. The predicted molar refractivity (Wildman–Crippen MR) is 92.5 cm³/mol. The minimum Gasteiger partial charge on any atom is -0.469 e. The minimum atomic E-state index is -1.27. The Morgan fingerprint density at radius 1 is 1.15 bits per heavy atom. The lowest BCUT2D eigenvalue weighted by Gasteiger charge is -2.22. The third-order valence-corrected chi connectivity index (χ3v) is 3.54. The minimum absolute atomic E-state index is 0.124. The molecule has 0 aliphatic rings. The summed E-state index contributed by atoms with van der Waals surface area (Å²) < 4.78 is 9.73. The van der Waals surface area contributed by atoms with Gasteiger partial charge in [-0.2, -0.15) is 0 Å². The van der Waals surface area contributed by atoms with Crippen LogP contribution in [0, 0.1) is 0 Å². The summed E-state index contributed by atoms with van der Waals surface area (Å²) in [6.45, 7) is 1.40. The van der Waals surface area contributed by atoms with E-state index in [-0.39, 0.29) is 13.0 Å². The molecule has 8 heteroatoms. The van der Waals surface area contributed by atoms with Gasteiger partial charge in [0.05, 0.1) is 24.5 Å². The second-order valence-corrected chi connectivity index (χ2v) is 5.96. The Morgan fingerprint density at radius 2 is 1.85 bits per heavy atom. The van der Waals surface area contributed by atoms with Gasteiger partial charge in [-0.3, -0.25) is 9.59 Å². The van der Waals surface area contributed by atoms with Crippen molar-refractivity contribution in [1.29, 1.82) is 0 Å². The number of benzene rings is 1. The number of methoxy groups -OCH3 is 1. The molecule has 26 heavy (non-hydrogen) atoms. The van der Waals surface area contributed by atoms with Gasteiger partial charge in [0, 0.05) is 18.7 Å². The van der Waals surface area contributed by atoms with Gasteiger partial charge in [-0.25, -0.2) is 4.79 Å². The molecule has 1 atom stereocenters. The largest absolute Gasteiger partial charge is 0.469 e. The molecule has 0 unspecified atom stereocenters. The Bertz CT molecular complexity index is 765. The van der Waals surface area contributed by atoms with Gasteiger partial charge in [0.2, 0.25) is 0 Å². The van der Waals surface area contributed by atoms with Gasteiger partial charge < -0.3 is 24.9 Å². The zero-order valence-electron chi connectivity index (χ0n) is 14.4. The molecule has 2 amide bonds. The van der Waals surface area contributed by atoms with Crippen molar-refractivity contribution < 1.29 is 28.6 Å². The highest BCUT2D eigenvalue weighted by atomic mass is 16.5. The van der Waals surface area contributed by atoms with Gasteiger partial charge in [0.1, 0.15) is 5.76 Å². The smallest absolute Gasteiger partial charge is 0.337 e. The predicted octanol–water partition coefficient (Wildman–Crippen LogP) is 1.11. The quantitative estimate of drug-likeness (QED) is 0.525. The van der Waals surface area contributed by atoms with E-state index >= 15 is 0 Å². The number of aliphatic hydroxyl groups is 1. The molecule has 1 heterocycles. The summed E-state index contributed by atoms with van der Waals surface area (Å²) in [7, 11) is 1.27. The fourth-order valence-electron chi connectivity index (χ4n) is 2.20. The number of rotatable bonds is 6. The summed E-state index contributed by atoms with van der Waals surface area (Å²) in [4.78, 5) is 35.1. The molecule has 0 fully saturated rings. The molecular formula is C18H20N2O6. The summed E-state index contributed by atoms with van der Waals surface area (Å²) in [6.07, 6.45) is 1.68. The summed E-state index contributed by atoms with van der Waals surface area (Å²) >= 11 is 0. The van der Waals surface area contributed by atoms with Crippen LogP contribution in [0.15, 0.2) is 47.1 Å². The van der Waals surface area contributed by atoms with Gasteiger partial charge in [0.15, 0.2) is 0 Å². The third-order valence-electron chi connectivity index (χ3n) is 3.54. The number of amides is 2. The number of nitrogens with one attached hydrogen (secondary N) is 2. The van der Waals surface area contributed by atoms with E-state index in [1.54, 1.807) is 12.1 Å². The third kappa shape index (κ3) is 5.45. The molecule has 0 aliphatic heterocycles. The SMILES string of the molecule is COC(=O)c1ccc(NC(=O)C(=O)NC[C@](C)(O)Cc2ccco2)cc1. The molecule has 0 radical (unpaired) electrons. The number of furan rings is 1. The molecule has 2 rings (SSSR count). The molecule has 3 N–H and O–H groups in total. The van der Waals surface area contributed by atoms with Crippen molar-refractivity contribution in [2.24, 2.45) is 0 Å². The van der Waals surface area contributed by atoms with E-state index in [4.69, 9.17) is 4.42 Å². The molecule has 8 nitrogen and oxygen atoms in total. The fraction of sp³-hybridized carbons (Fsp3) is 0.278. The van der Waals surface area contributed by atoms with Crippen LogP contribution in [0.1, 0.15) is 23.0 Å². The van der Waals surface area contributed by atoms with E-state index in [1.165, 1.54) is 44.6 Å². The van der Waals surface area contributed by atoms with Crippen molar-refractivity contribution >= 4 is 23.5 Å². The van der Waals surface area contributed by atoms with Gasteiger partial charge in [-0.15, -0.1) is 0 Å². The van der Waals surface area contributed by atoms with Crippen LogP contribution in [-0.4, -0.2) is 42.1 Å². The summed E-state index contributed by atoms with van der Waals surface area (Å²) in [5, 5.41) is 15.0. The highest BCUT2D eigenvalue weighted by molar-refractivity contribution is 6.39. The lowest BCUT2D eigenvalue weighted by Crippen LogP contribution is -2.45. The fourth-order valence-corrected chi connectivity index (χ4v) is 2.20. The first-order valence-corrected chi connectivity index (χ1v) is 7.83. The maximum atomic E-state index is 11.9. The topological polar surface area (TPSA) is 118 Å². The van der Waals surface area contributed by atoms with Crippen molar-refractivity contribution in [3.05, 3.63) is 54.0 Å². The van der Waals surface area contributed by atoms with E-state index in [2.05, 4.69) is 15.4 Å². The lowest BCUT2D eigenvalue weighted by atomic mass is 10.0. The van der Waals surface area contributed by atoms with E-state index in [9.17, 15) is 19.5 Å². The van der Waals surface area contributed by atoms with Crippen molar-refractivity contribution in [3.8, 4) is 0 Å². The number of carbonyl (C=O) groups is 3. The van der Waals surface area contributed by atoms with Crippen LogP contribution in [0.4, 0.5) is 5.69 Å². The van der Waals surface area contributed by atoms with Crippen LogP contribution in [0.25, 0.3) is 0 Å². The van der Waals surface area contributed by atoms with E-state index in [0.717, 1.165) is 0 Å². The second kappa shape index (κ2) is 8.30.